The van der Waals surface area contributed by atoms with E-state index in [-0.39, 0.29) is 12.5 Å². The van der Waals surface area contributed by atoms with Gasteiger partial charge in [-0.1, -0.05) is 54.9 Å². The van der Waals surface area contributed by atoms with Gasteiger partial charge in [0.1, 0.15) is 12.6 Å². The minimum absolute atomic E-state index is 0.173. The van der Waals surface area contributed by atoms with Gasteiger partial charge in [0.05, 0.1) is 11.9 Å². The first-order valence-electron chi connectivity index (χ1n) is 10.4. The summed E-state index contributed by atoms with van der Waals surface area (Å²) in [5.41, 5.74) is 1.83. The van der Waals surface area contributed by atoms with Gasteiger partial charge in [0.2, 0.25) is 21.8 Å². The molecule has 0 saturated carbocycles. The van der Waals surface area contributed by atoms with E-state index in [1.165, 1.54) is 11.0 Å². The molecule has 0 heterocycles. The second-order valence-electron chi connectivity index (χ2n) is 7.67. The fraction of sp³-hybridized carbons (Fsp3) is 0.391. The van der Waals surface area contributed by atoms with E-state index in [2.05, 4.69) is 5.32 Å². The zero-order chi connectivity index (χ0) is 23.9. The molecule has 2 rings (SSSR count). The van der Waals surface area contributed by atoms with Crippen LogP contribution in [0.1, 0.15) is 31.4 Å². The van der Waals surface area contributed by atoms with Gasteiger partial charge in [0.15, 0.2) is 0 Å². The number of carbonyl (C=O) groups is 2. The molecule has 1 atom stereocenters. The highest BCUT2D eigenvalue weighted by Gasteiger charge is 2.30. The lowest BCUT2D eigenvalue weighted by Crippen LogP contribution is -2.51. The predicted molar refractivity (Wildman–Crippen MR) is 128 cm³/mol. The van der Waals surface area contributed by atoms with E-state index in [0.717, 1.165) is 22.5 Å². The van der Waals surface area contributed by atoms with Crippen molar-refractivity contribution in [2.45, 2.75) is 39.8 Å². The van der Waals surface area contributed by atoms with E-state index in [9.17, 15) is 18.0 Å². The van der Waals surface area contributed by atoms with Crippen LogP contribution in [0.15, 0.2) is 48.5 Å². The Kier molecular flexibility index (Phi) is 9.09. The number of rotatable bonds is 10. The molecule has 174 valence electrons. The summed E-state index contributed by atoms with van der Waals surface area (Å²) >= 11 is 6.09. The van der Waals surface area contributed by atoms with E-state index in [1.807, 2.05) is 37.3 Å². The van der Waals surface area contributed by atoms with Gasteiger partial charge in [-0.3, -0.25) is 13.9 Å². The highest BCUT2D eigenvalue weighted by atomic mass is 35.5. The first-order valence-corrected chi connectivity index (χ1v) is 12.6. The molecule has 0 radical (unpaired) electrons. The van der Waals surface area contributed by atoms with Crippen molar-refractivity contribution in [3.63, 3.8) is 0 Å². The van der Waals surface area contributed by atoms with Crippen LogP contribution in [0.4, 0.5) is 5.69 Å². The van der Waals surface area contributed by atoms with Crippen LogP contribution in [0.5, 0.6) is 0 Å². The van der Waals surface area contributed by atoms with Crippen molar-refractivity contribution in [1.29, 1.82) is 0 Å². The normalized spacial score (nSPS) is 12.2. The molecule has 9 heteroatoms. The van der Waals surface area contributed by atoms with Crippen molar-refractivity contribution in [1.82, 2.24) is 10.2 Å². The maximum absolute atomic E-state index is 13.4. The van der Waals surface area contributed by atoms with Crippen LogP contribution in [-0.4, -0.2) is 50.5 Å². The summed E-state index contributed by atoms with van der Waals surface area (Å²) in [5.74, 6) is -0.779. The molecule has 0 unspecified atom stereocenters. The number of sulfonamides is 1. The molecular formula is C23H30ClN3O4S. The lowest BCUT2D eigenvalue weighted by Gasteiger charge is -2.32. The first-order chi connectivity index (χ1) is 15.0. The molecule has 0 fully saturated rings. The Hall–Kier alpha value is -2.58. The van der Waals surface area contributed by atoms with Gasteiger partial charge < -0.3 is 10.2 Å². The van der Waals surface area contributed by atoms with Gasteiger partial charge in [0, 0.05) is 18.1 Å². The fourth-order valence-corrected chi connectivity index (χ4v) is 4.27. The monoisotopic (exact) mass is 479 g/mol. The van der Waals surface area contributed by atoms with E-state index < -0.39 is 28.5 Å². The number of nitrogens with one attached hydrogen (secondary N) is 1. The van der Waals surface area contributed by atoms with Gasteiger partial charge >= 0.3 is 0 Å². The SMILES string of the molecule is CCCNC(=O)[C@@H](C)N(Cc1ccccc1)C(=O)CN(c1cc(Cl)ccc1C)S(C)(=O)=O. The Morgan fingerprint density at radius 3 is 2.38 bits per heavy atom. The molecule has 2 aromatic carbocycles. The van der Waals surface area contributed by atoms with Gasteiger partial charge in [-0.15, -0.1) is 0 Å². The van der Waals surface area contributed by atoms with Gasteiger partial charge in [-0.25, -0.2) is 8.42 Å². The second-order valence-corrected chi connectivity index (χ2v) is 10.0. The summed E-state index contributed by atoms with van der Waals surface area (Å²) in [6.45, 7) is 5.55. The van der Waals surface area contributed by atoms with Gasteiger partial charge in [-0.05, 0) is 43.5 Å². The highest BCUT2D eigenvalue weighted by molar-refractivity contribution is 7.92. The van der Waals surface area contributed by atoms with Crippen molar-refractivity contribution < 1.29 is 18.0 Å². The summed E-state index contributed by atoms with van der Waals surface area (Å²) in [6.07, 6.45) is 1.81. The summed E-state index contributed by atoms with van der Waals surface area (Å²) in [4.78, 5) is 27.4. The fourth-order valence-electron chi connectivity index (χ4n) is 3.20. The maximum atomic E-state index is 13.4. The number of halogens is 1. The largest absolute Gasteiger partial charge is 0.354 e. The topological polar surface area (TPSA) is 86.8 Å². The molecule has 0 spiro atoms. The van der Waals surface area contributed by atoms with Crippen molar-refractivity contribution in [3.05, 3.63) is 64.7 Å². The highest BCUT2D eigenvalue weighted by Crippen LogP contribution is 2.26. The van der Waals surface area contributed by atoms with Crippen molar-refractivity contribution in [3.8, 4) is 0 Å². The summed E-state index contributed by atoms with van der Waals surface area (Å²) < 4.78 is 26.2. The Bertz CT molecular complexity index is 1040. The third-order valence-corrected chi connectivity index (χ3v) is 6.39. The van der Waals surface area contributed by atoms with Crippen LogP contribution in [0, 0.1) is 6.92 Å². The van der Waals surface area contributed by atoms with Crippen LogP contribution in [-0.2, 0) is 26.2 Å². The van der Waals surface area contributed by atoms with Gasteiger partial charge in [0.25, 0.3) is 0 Å². The maximum Gasteiger partial charge on any atom is 0.244 e. The van der Waals surface area contributed by atoms with Crippen LogP contribution in [0.25, 0.3) is 0 Å². The molecule has 2 aromatic rings. The molecule has 0 aliphatic rings. The molecule has 32 heavy (non-hydrogen) atoms. The number of anilines is 1. The number of hydrogen-bond donors (Lipinski definition) is 1. The van der Waals surface area contributed by atoms with Crippen LogP contribution >= 0.6 is 11.6 Å². The number of carbonyl (C=O) groups excluding carboxylic acids is 2. The third-order valence-electron chi connectivity index (χ3n) is 5.03. The first kappa shape index (κ1) is 25.7. The van der Waals surface area contributed by atoms with E-state index in [4.69, 9.17) is 11.6 Å². The van der Waals surface area contributed by atoms with E-state index >= 15 is 0 Å². The Labute approximate surface area is 195 Å². The summed E-state index contributed by atoms with van der Waals surface area (Å²) in [7, 11) is -3.79. The molecular weight excluding hydrogens is 450 g/mol. The number of hydrogen-bond acceptors (Lipinski definition) is 4. The summed E-state index contributed by atoms with van der Waals surface area (Å²) in [6, 6.07) is 13.4. The lowest BCUT2D eigenvalue weighted by molar-refractivity contribution is -0.139. The van der Waals surface area contributed by atoms with E-state index in [1.54, 1.807) is 26.0 Å². The molecule has 2 amide bonds. The number of amides is 2. The van der Waals surface area contributed by atoms with Crippen molar-refractivity contribution in [2.75, 3.05) is 23.7 Å². The molecule has 0 saturated heterocycles. The molecule has 0 bridgehead atoms. The molecule has 7 nitrogen and oxygen atoms in total. The molecule has 0 aromatic heterocycles. The standard InChI is InChI=1S/C23H30ClN3O4S/c1-5-13-25-23(29)18(3)26(15-19-9-7-6-8-10-19)22(28)16-27(32(4,30)31)21-14-20(24)12-11-17(21)2/h6-12,14,18H,5,13,15-16H2,1-4H3,(H,25,29)/t18-/m1/s1. The number of benzene rings is 2. The third kappa shape index (κ3) is 6.97. The average molecular weight is 480 g/mol. The zero-order valence-corrected chi connectivity index (χ0v) is 20.4. The van der Waals surface area contributed by atoms with Crippen LogP contribution in [0.2, 0.25) is 5.02 Å². The molecule has 1 N–H and O–H groups in total. The number of aryl methyl sites for hydroxylation is 1. The molecule has 0 aliphatic carbocycles. The van der Waals surface area contributed by atoms with Crippen molar-refractivity contribution >= 4 is 39.1 Å². The van der Waals surface area contributed by atoms with Crippen molar-refractivity contribution in [2.24, 2.45) is 0 Å². The quantitative estimate of drug-likeness (QED) is 0.566. The average Bonchev–Trinajstić information content (AvgIpc) is 2.75. The minimum atomic E-state index is -3.79. The smallest absolute Gasteiger partial charge is 0.244 e. The second kappa shape index (κ2) is 11.3. The zero-order valence-electron chi connectivity index (χ0n) is 18.8. The van der Waals surface area contributed by atoms with Gasteiger partial charge in [-0.2, -0.15) is 0 Å². The minimum Gasteiger partial charge on any atom is -0.354 e. The Morgan fingerprint density at radius 1 is 1.12 bits per heavy atom. The lowest BCUT2D eigenvalue weighted by atomic mass is 10.1. The number of nitrogens with zero attached hydrogens (tertiary/aromatic N) is 2. The Morgan fingerprint density at radius 2 is 1.78 bits per heavy atom. The predicted octanol–water partition coefficient (Wildman–Crippen LogP) is 3.36. The van der Waals surface area contributed by atoms with Crippen LogP contribution < -0.4 is 9.62 Å². The molecule has 0 aliphatic heterocycles. The summed E-state index contributed by atoms with van der Waals surface area (Å²) in [5, 5.41) is 3.16. The van der Waals surface area contributed by atoms with E-state index in [0.29, 0.717) is 22.8 Å². The Balaban J connectivity index is 2.39. The van der Waals surface area contributed by atoms with Crippen LogP contribution in [0.3, 0.4) is 0 Å².